The van der Waals surface area contributed by atoms with Gasteiger partial charge in [0.15, 0.2) is 17.3 Å². The van der Waals surface area contributed by atoms with Gasteiger partial charge in [-0.15, -0.1) is 0 Å². The van der Waals surface area contributed by atoms with Crippen molar-refractivity contribution in [3.05, 3.63) is 54.4 Å². The van der Waals surface area contributed by atoms with Gasteiger partial charge in [-0.3, -0.25) is 5.10 Å². The van der Waals surface area contributed by atoms with E-state index < -0.39 is 0 Å². The number of nitrogens with zero attached hydrogens (tertiary/aromatic N) is 2. The standard InChI is InChI=1S/C17H16N4O2/c1-11(12-5-6-15-16(8-12)23-10-22-15)20-14-4-2-3-13(7-14)17-18-9-19-21-17/h2-9,11,20H,10H2,1H3,(H,18,19,21)/t11-/m0/s1. The van der Waals surface area contributed by atoms with Crippen molar-refractivity contribution in [2.24, 2.45) is 0 Å². The number of hydrogen-bond donors (Lipinski definition) is 2. The molecule has 0 spiro atoms. The molecule has 1 atom stereocenters. The highest BCUT2D eigenvalue weighted by Gasteiger charge is 2.15. The Morgan fingerprint density at radius 1 is 1.13 bits per heavy atom. The second-order valence-electron chi connectivity index (χ2n) is 5.39. The molecule has 0 bridgehead atoms. The molecule has 6 nitrogen and oxygen atoms in total. The second-order valence-corrected chi connectivity index (χ2v) is 5.39. The summed E-state index contributed by atoms with van der Waals surface area (Å²) in [5.41, 5.74) is 3.15. The first-order valence-electron chi connectivity index (χ1n) is 7.41. The molecule has 0 aliphatic carbocycles. The Morgan fingerprint density at radius 2 is 2.04 bits per heavy atom. The fourth-order valence-corrected chi connectivity index (χ4v) is 2.62. The summed E-state index contributed by atoms with van der Waals surface area (Å²) >= 11 is 0. The molecule has 3 aromatic rings. The van der Waals surface area contributed by atoms with E-state index in [1.807, 2.05) is 42.5 Å². The largest absolute Gasteiger partial charge is 0.454 e. The zero-order valence-corrected chi connectivity index (χ0v) is 12.6. The van der Waals surface area contributed by atoms with Gasteiger partial charge < -0.3 is 14.8 Å². The Kier molecular flexibility index (Phi) is 3.34. The molecular formula is C17H16N4O2. The molecule has 2 N–H and O–H groups in total. The molecule has 23 heavy (non-hydrogen) atoms. The topological polar surface area (TPSA) is 72.1 Å². The summed E-state index contributed by atoms with van der Waals surface area (Å²) < 4.78 is 10.8. The molecule has 0 fully saturated rings. The fourth-order valence-electron chi connectivity index (χ4n) is 2.62. The number of aromatic nitrogens is 3. The molecule has 0 radical (unpaired) electrons. The first-order chi connectivity index (χ1) is 11.3. The molecule has 2 aromatic carbocycles. The van der Waals surface area contributed by atoms with Gasteiger partial charge in [-0.05, 0) is 36.8 Å². The van der Waals surface area contributed by atoms with Crippen LogP contribution in [0.5, 0.6) is 11.5 Å². The number of nitrogens with one attached hydrogen (secondary N) is 2. The van der Waals surface area contributed by atoms with Crippen LogP contribution in [0.15, 0.2) is 48.8 Å². The summed E-state index contributed by atoms with van der Waals surface area (Å²) in [6.07, 6.45) is 1.50. The zero-order valence-electron chi connectivity index (χ0n) is 12.6. The van der Waals surface area contributed by atoms with E-state index in [4.69, 9.17) is 9.47 Å². The highest BCUT2D eigenvalue weighted by atomic mass is 16.7. The minimum atomic E-state index is 0.134. The molecule has 2 heterocycles. The van der Waals surface area contributed by atoms with Crippen molar-refractivity contribution in [1.82, 2.24) is 15.2 Å². The Labute approximate surface area is 133 Å². The van der Waals surface area contributed by atoms with Gasteiger partial charge in [0, 0.05) is 17.3 Å². The van der Waals surface area contributed by atoms with E-state index in [-0.39, 0.29) is 6.04 Å². The van der Waals surface area contributed by atoms with Crippen molar-refractivity contribution in [1.29, 1.82) is 0 Å². The monoisotopic (exact) mass is 308 g/mol. The fraction of sp³-hybridized carbons (Fsp3) is 0.176. The lowest BCUT2D eigenvalue weighted by molar-refractivity contribution is 0.174. The van der Waals surface area contributed by atoms with E-state index in [1.165, 1.54) is 6.33 Å². The summed E-state index contributed by atoms with van der Waals surface area (Å²) in [4.78, 5) is 4.18. The molecule has 0 unspecified atom stereocenters. The smallest absolute Gasteiger partial charge is 0.231 e. The minimum absolute atomic E-state index is 0.134. The van der Waals surface area contributed by atoms with Gasteiger partial charge in [0.2, 0.25) is 6.79 Å². The van der Waals surface area contributed by atoms with E-state index in [2.05, 4.69) is 27.4 Å². The maximum atomic E-state index is 5.44. The van der Waals surface area contributed by atoms with E-state index >= 15 is 0 Å². The van der Waals surface area contributed by atoms with Crippen LogP contribution in [0.2, 0.25) is 0 Å². The zero-order chi connectivity index (χ0) is 15.6. The van der Waals surface area contributed by atoms with E-state index in [0.717, 1.165) is 34.1 Å². The average molecular weight is 308 g/mol. The number of benzene rings is 2. The van der Waals surface area contributed by atoms with E-state index in [0.29, 0.717) is 6.79 Å². The van der Waals surface area contributed by atoms with Gasteiger partial charge in [0.1, 0.15) is 6.33 Å². The van der Waals surface area contributed by atoms with Gasteiger partial charge in [-0.2, -0.15) is 5.10 Å². The molecule has 116 valence electrons. The van der Waals surface area contributed by atoms with E-state index in [1.54, 1.807) is 0 Å². The Hall–Kier alpha value is -3.02. The van der Waals surface area contributed by atoms with Crippen LogP contribution < -0.4 is 14.8 Å². The summed E-state index contributed by atoms with van der Waals surface area (Å²) in [5.74, 6) is 2.35. The predicted octanol–water partition coefficient (Wildman–Crippen LogP) is 3.37. The van der Waals surface area contributed by atoms with Gasteiger partial charge in [0.25, 0.3) is 0 Å². The highest BCUT2D eigenvalue weighted by molar-refractivity contribution is 5.62. The van der Waals surface area contributed by atoms with Crippen LogP contribution in [-0.2, 0) is 0 Å². The number of anilines is 1. The Morgan fingerprint density at radius 3 is 2.91 bits per heavy atom. The lowest BCUT2D eigenvalue weighted by Crippen LogP contribution is -2.06. The normalized spacial score (nSPS) is 13.8. The quantitative estimate of drug-likeness (QED) is 0.773. The van der Waals surface area contributed by atoms with Gasteiger partial charge in [-0.1, -0.05) is 18.2 Å². The molecule has 1 aromatic heterocycles. The van der Waals surface area contributed by atoms with Gasteiger partial charge >= 0.3 is 0 Å². The molecule has 0 saturated carbocycles. The molecule has 0 saturated heterocycles. The molecule has 1 aliphatic rings. The van der Waals surface area contributed by atoms with Crippen LogP contribution in [0.4, 0.5) is 5.69 Å². The van der Waals surface area contributed by atoms with Crippen LogP contribution in [0.1, 0.15) is 18.5 Å². The van der Waals surface area contributed by atoms with Crippen LogP contribution in [0.3, 0.4) is 0 Å². The maximum absolute atomic E-state index is 5.44. The maximum Gasteiger partial charge on any atom is 0.231 e. The number of rotatable bonds is 4. The lowest BCUT2D eigenvalue weighted by atomic mass is 10.1. The van der Waals surface area contributed by atoms with Crippen LogP contribution >= 0.6 is 0 Å². The van der Waals surface area contributed by atoms with Crippen molar-refractivity contribution < 1.29 is 9.47 Å². The molecule has 1 aliphatic heterocycles. The predicted molar refractivity (Wildman–Crippen MR) is 86.4 cm³/mol. The summed E-state index contributed by atoms with van der Waals surface area (Å²) in [6.45, 7) is 2.40. The first-order valence-corrected chi connectivity index (χ1v) is 7.41. The molecule has 4 rings (SSSR count). The van der Waals surface area contributed by atoms with Crippen molar-refractivity contribution in [3.63, 3.8) is 0 Å². The number of hydrogen-bond acceptors (Lipinski definition) is 5. The van der Waals surface area contributed by atoms with E-state index in [9.17, 15) is 0 Å². The number of ether oxygens (including phenoxy) is 2. The van der Waals surface area contributed by atoms with Crippen molar-refractivity contribution in [3.8, 4) is 22.9 Å². The first kappa shape index (κ1) is 13.6. The third kappa shape index (κ3) is 2.70. The SMILES string of the molecule is C[C@H](Nc1cccc(-c2ncn[nH]2)c1)c1ccc2c(c1)OCO2. The van der Waals surface area contributed by atoms with Crippen LogP contribution in [-0.4, -0.2) is 22.0 Å². The summed E-state index contributed by atoms with van der Waals surface area (Å²) in [6, 6.07) is 14.2. The van der Waals surface area contributed by atoms with Crippen molar-refractivity contribution in [2.75, 3.05) is 12.1 Å². The highest BCUT2D eigenvalue weighted by Crippen LogP contribution is 2.35. The molecule has 0 amide bonds. The van der Waals surface area contributed by atoms with Crippen LogP contribution in [0.25, 0.3) is 11.4 Å². The summed E-state index contributed by atoms with van der Waals surface area (Å²) in [7, 11) is 0. The van der Waals surface area contributed by atoms with Gasteiger partial charge in [-0.25, -0.2) is 4.98 Å². The average Bonchev–Trinajstić information content (AvgIpc) is 3.26. The Balaban J connectivity index is 1.54. The Bertz CT molecular complexity index is 817. The molecule has 6 heteroatoms. The second kappa shape index (κ2) is 5.64. The minimum Gasteiger partial charge on any atom is -0.454 e. The van der Waals surface area contributed by atoms with Gasteiger partial charge in [0.05, 0.1) is 0 Å². The van der Waals surface area contributed by atoms with Crippen molar-refractivity contribution in [2.45, 2.75) is 13.0 Å². The number of fused-ring (bicyclic) bond motifs is 1. The summed E-state index contributed by atoms with van der Waals surface area (Å²) in [5, 5.41) is 10.3. The molecular weight excluding hydrogens is 292 g/mol. The third-order valence-corrected chi connectivity index (χ3v) is 3.83. The van der Waals surface area contributed by atoms with Crippen molar-refractivity contribution >= 4 is 5.69 Å². The third-order valence-electron chi connectivity index (χ3n) is 3.83. The number of aromatic amines is 1. The van der Waals surface area contributed by atoms with Crippen LogP contribution in [0, 0.1) is 0 Å². The number of H-pyrrole nitrogens is 1. The lowest BCUT2D eigenvalue weighted by Gasteiger charge is -2.16.